The molecule has 5 nitrogen and oxygen atoms in total. The first-order valence-electron chi connectivity index (χ1n) is 3.79. The fourth-order valence-electron chi connectivity index (χ4n) is 0.740. The lowest BCUT2D eigenvalue weighted by Crippen LogP contribution is -2.34. The maximum Gasteiger partial charge on any atom is 0.241 e. The zero-order chi connectivity index (χ0) is 8.97. The average molecular weight is 168 g/mol. The lowest BCUT2D eigenvalue weighted by atomic mass is 10.2. The van der Waals surface area contributed by atoms with Crippen molar-refractivity contribution in [2.75, 3.05) is 5.32 Å². The van der Waals surface area contributed by atoms with E-state index in [4.69, 9.17) is 5.73 Å². The molecule has 0 unspecified atom stereocenters. The number of hydrogen-bond donors (Lipinski definition) is 3. The van der Waals surface area contributed by atoms with Gasteiger partial charge in [-0.2, -0.15) is 5.10 Å². The van der Waals surface area contributed by atoms with E-state index in [1.54, 1.807) is 6.20 Å². The number of nitrogens with zero attached hydrogens (tertiary/aromatic N) is 1. The maximum atomic E-state index is 11.2. The molecule has 1 atom stereocenters. The van der Waals surface area contributed by atoms with Crippen molar-refractivity contribution in [1.29, 1.82) is 0 Å². The van der Waals surface area contributed by atoms with Gasteiger partial charge in [0.05, 0.1) is 17.9 Å². The maximum absolute atomic E-state index is 11.2. The molecule has 1 aromatic heterocycles. The molecule has 0 spiro atoms. The second-order valence-electron chi connectivity index (χ2n) is 2.49. The Kier molecular flexibility index (Phi) is 2.82. The van der Waals surface area contributed by atoms with Crippen LogP contribution in [-0.4, -0.2) is 22.1 Å². The highest BCUT2D eigenvalue weighted by molar-refractivity contribution is 5.94. The van der Waals surface area contributed by atoms with Crippen molar-refractivity contribution in [2.24, 2.45) is 5.73 Å². The summed E-state index contributed by atoms with van der Waals surface area (Å²) in [6.45, 7) is 1.86. The molecule has 0 aliphatic heterocycles. The van der Waals surface area contributed by atoms with E-state index in [0.717, 1.165) is 0 Å². The highest BCUT2D eigenvalue weighted by Crippen LogP contribution is 2.01. The number of aromatic amines is 1. The van der Waals surface area contributed by atoms with Crippen LogP contribution in [0.25, 0.3) is 0 Å². The van der Waals surface area contributed by atoms with Crippen LogP contribution in [0, 0.1) is 0 Å². The molecule has 0 aliphatic carbocycles. The van der Waals surface area contributed by atoms with Crippen LogP contribution in [0.1, 0.15) is 13.3 Å². The van der Waals surface area contributed by atoms with Crippen LogP contribution in [0.15, 0.2) is 12.4 Å². The van der Waals surface area contributed by atoms with E-state index in [1.807, 2.05) is 6.92 Å². The molecule has 66 valence electrons. The van der Waals surface area contributed by atoms with E-state index in [-0.39, 0.29) is 5.91 Å². The van der Waals surface area contributed by atoms with Crippen molar-refractivity contribution in [3.05, 3.63) is 12.4 Å². The molecule has 0 aromatic carbocycles. The largest absolute Gasteiger partial charge is 0.322 e. The number of carbonyl (C=O) groups is 1. The van der Waals surface area contributed by atoms with Gasteiger partial charge < -0.3 is 11.1 Å². The molecule has 12 heavy (non-hydrogen) atoms. The molecule has 1 heterocycles. The van der Waals surface area contributed by atoms with Crippen LogP contribution in [0.3, 0.4) is 0 Å². The van der Waals surface area contributed by atoms with Crippen LogP contribution in [-0.2, 0) is 4.79 Å². The summed E-state index contributed by atoms with van der Waals surface area (Å²) in [6, 6.07) is -0.445. The third-order valence-electron chi connectivity index (χ3n) is 1.54. The third-order valence-corrected chi connectivity index (χ3v) is 1.54. The molecule has 0 aliphatic rings. The summed E-state index contributed by atoms with van der Waals surface area (Å²) in [5.41, 5.74) is 6.13. The molecular formula is C7H12N4O. The Labute approximate surface area is 70.3 Å². The molecule has 0 radical (unpaired) electrons. The van der Waals surface area contributed by atoms with E-state index in [9.17, 15) is 4.79 Å². The molecule has 4 N–H and O–H groups in total. The summed E-state index contributed by atoms with van der Waals surface area (Å²) in [6.07, 6.45) is 3.75. The Balaban J connectivity index is 2.47. The summed E-state index contributed by atoms with van der Waals surface area (Å²) >= 11 is 0. The van der Waals surface area contributed by atoms with Gasteiger partial charge in [0.15, 0.2) is 0 Å². The average Bonchev–Trinajstić information content (AvgIpc) is 2.55. The van der Waals surface area contributed by atoms with Crippen molar-refractivity contribution >= 4 is 11.6 Å². The van der Waals surface area contributed by atoms with Gasteiger partial charge in [0.25, 0.3) is 0 Å². The highest BCUT2D eigenvalue weighted by atomic mass is 16.2. The minimum atomic E-state index is -0.445. The molecule has 0 saturated carbocycles. The number of anilines is 1. The standard InChI is InChI=1S/C7H12N4O/c1-2-6(8)7(12)11-5-3-9-10-4-5/h3-4,6H,2,8H2,1H3,(H,9,10)(H,11,12)/t6-/m0/s1. The Morgan fingerprint density at radius 3 is 3.17 bits per heavy atom. The topological polar surface area (TPSA) is 83.8 Å². The predicted molar refractivity (Wildman–Crippen MR) is 45.5 cm³/mol. The first kappa shape index (κ1) is 8.73. The normalized spacial score (nSPS) is 12.5. The number of H-pyrrole nitrogens is 1. The number of rotatable bonds is 3. The lowest BCUT2D eigenvalue weighted by molar-refractivity contribution is -0.117. The predicted octanol–water partition coefficient (Wildman–Crippen LogP) is 0.0855. The van der Waals surface area contributed by atoms with Crippen molar-refractivity contribution in [3.63, 3.8) is 0 Å². The number of amides is 1. The molecular weight excluding hydrogens is 156 g/mol. The Morgan fingerprint density at radius 1 is 1.92 bits per heavy atom. The second kappa shape index (κ2) is 3.87. The number of nitrogens with two attached hydrogens (primary N) is 1. The van der Waals surface area contributed by atoms with Crippen LogP contribution in [0.4, 0.5) is 5.69 Å². The fourth-order valence-corrected chi connectivity index (χ4v) is 0.740. The van der Waals surface area contributed by atoms with E-state index < -0.39 is 6.04 Å². The molecule has 0 bridgehead atoms. The zero-order valence-electron chi connectivity index (χ0n) is 6.87. The van der Waals surface area contributed by atoms with Crippen LogP contribution < -0.4 is 11.1 Å². The monoisotopic (exact) mass is 168 g/mol. The molecule has 5 heteroatoms. The second-order valence-corrected chi connectivity index (χ2v) is 2.49. The number of carbonyl (C=O) groups excluding carboxylic acids is 1. The van der Waals surface area contributed by atoms with Gasteiger partial charge in [-0.05, 0) is 6.42 Å². The summed E-state index contributed by atoms with van der Waals surface area (Å²) < 4.78 is 0. The molecule has 1 rings (SSSR count). The van der Waals surface area contributed by atoms with E-state index in [2.05, 4.69) is 15.5 Å². The minimum Gasteiger partial charge on any atom is -0.322 e. The van der Waals surface area contributed by atoms with Crippen molar-refractivity contribution < 1.29 is 4.79 Å². The minimum absolute atomic E-state index is 0.182. The van der Waals surface area contributed by atoms with Gasteiger partial charge >= 0.3 is 0 Å². The first-order chi connectivity index (χ1) is 5.74. The Hall–Kier alpha value is -1.36. The van der Waals surface area contributed by atoms with Gasteiger partial charge in [0.1, 0.15) is 0 Å². The fraction of sp³-hybridized carbons (Fsp3) is 0.429. The molecule has 1 aromatic rings. The van der Waals surface area contributed by atoms with Gasteiger partial charge in [-0.3, -0.25) is 9.89 Å². The zero-order valence-corrected chi connectivity index (χ0v) is 6.87. The molecule has 1 amide bonds. The first-order valence-corrected chi connectivity index (χ1v) is 3.79. The summed E-state index contributed by atoms with van der Waals surface area (Å²) in [7, 11) is 0. The van der Waals surface area contributed by atoms with Gasteiger partial charge in [-0.25, -0.2) is 0 Å². The highest BCUT2D eigenvalue weighted by Gasteiger charge is 2.10. The summed E-state index contributed by atoms with van der Waals surface area (Å²) in [5.74, 6) is -0.182. The van der Waals surface area contributed by atoms with E-state index >= 15 is 0 Å². The quantitative estimate of drug-likeness (QED) is 0.597. The van der Waals surface area contributed by atoms with E-state index in [0.29, 0.717) is 12.1 Å². The Bertz CT molecular complexity index is 244. The molecule has 0 saturated heterocycles. The SMILES string of the molecule is CC[C@H](N)C(=O)Nc1cn[nH]c1. The van der Waals surface area contributed by atoms with Crippen LogP contribution in [0.2, 0.25) is 0 Å². The van der Waals surface area contributed by atoms with Gasteiger partial charge in [0, 0.05) is 6.20 Å². The van der Waals surface area contributed by atoms with Gasteiger partial charge in [-0.1, -0.05) is 6.92 Å². The number of hydrogen-bond acceptors (Lipinski definition) is 3. The number of aromatic nitrogens is 2. The summed E-state index contributed by atoms with van der Waals surface area (Å²) in [5, 5.41) is 8.88. The Morgan fingerprint density at radius 2 is 2.67 bits per heavy atom. The van der Waals surface area contributed by atoms with Crippen molar-refractivity contribution in [2.45, 2.75) is 19.4 Å². The summed E-state index contributed by atoms with van der Waals surface area (Å²) in [4.78, 5) is 11.2. The van der Waals surface area contributed by atoms with Crippen molar-refractivity contribution in [3.8, 4) is 0 Å². The van der Waals surface area contributed by atoms with Crippen LogP contribution in [0.5, 0.6) is 0 Å². The third kappa shape index (κ3) is 2.06. The van der Waals surface area contributed by atoms with Crippen LogP contribution >= 0.6 is 0 Å². The molecule has 0 fully saturated rings. The lowest BCUT2D eigenvalue weighted by Gasteiger charge is -2.07. The van der Waals surface area contributed by atoms with Crippen molar-refractivity contribution in [1.82, 2.24) is 10.2 Å². The van der Waals surface area contributed by atoms with Gasteiger partial charge in [0.2, 0.25) is 5.91 Å². The van der Waals surface area contributed by atoms with E-state index in [1.165, 1.54) is 6.20 Å². The number of nitrogens with one attached hydrogen (secondary N) is 2. The smallest absolute Gasteiger partial charge is 0.241 e. The van der Waals surface area contributed by atoms with Gasteiger partial charge in [-0.15, -0.1) is 0 Å².